The van der Waals surface area contributed by atoms with Crippen LogP contribution in [0.3, 0.4) is 0 Å². The summed E-state index contributed by atoms with van der Waals surface area (Å²) < 4.78 is 3.45. The SMILES string of the molecule is CCCCCn1c(CCC(=O)Nc2ccc(C)c(C)c2)nc2c1c(=O)[nH]c(=O)n2CCCC. The Morgan fingerprint density at radius 1 is 1.00 bits per heavy atom. The van der Waals surface area contributed by atoms with E-state index in [0.717, 1.165) is 43.4 Å². The van der Waals surface area contributed by atoms with Crippen molar-refractivity contribution in [1.29, 1.82) is 0 Å². The van der Waals surface area contributed by atoms with Crippen molar-refractivity contribution < 1.29 is 4.79 Å². The van der Waals surface area contributed by atoms with E-state index in [0.29, 0.717) is 36.5 Å². The van der Waals surface area contributed by atoms with E-state index in [-0.39, 0.29) is 12.3 Å². The normalized spacial score (nSPS) is 11.3. The number of fused-ring (bicyclic) bond motifs is 1. The summed E-state index contributed by atoms with van der Waals surface area (Å²) in [7, 11) is 0. The highest BCUT2D eigenvalue weighted by Crippen LogP contribution is 2.17. The average molecular weight is 454 g/mol. The second-order valence-corrected chi connectivity index (χ2v) is 8.67. The minimum atomic E-state index is -0.432. The molecule has 3 aromatic rings. The van der Waals surface area contributed by atoms with Crippen LogP contribution >= 0.6 is 0 Å². The Kier molecular flexibility index (Phi) is 8.25. The maximum absolute atomic E-state index is 12.7. The van der Waals surface area contributed by atoms with E-state index in [9.17, 15) is 14.4 Å². The van der Waals surface area contributed by atoms with Gasteiger partial charge in [0.1, 0.15) is 5.82 Å². The average Bonchev–Trinajstić information content (AvgIpc) is 3.14. The summed E-state index contributed by atoms with van der Waals surface area (Å²) in [6.45, 7) is 9.36. The Bertz CT molecular complexity index is 1240. The summed E-state index contributed by atoms with van der Waals surface area (Å²) in [5.74, 6) is 0.556. The highest BCUT2D eigenvalue weighted by Gasteiger charge is 2.19. The standard InChI is InChI=1S/C25H35N5O3/c1-5-7-9-15-29-20(12-13-21(31)26-19-11-10-17(3)18(4)16-19)27-23-22(29)24(32)28-25(33)30(23)14-8-6-2/h10-11,16H,5-9,12-15H2,1-4H3,(H,26,31)(H,28,32,33). The summed E-state index contributed by atoms with van der Waals surface area (Å²) in [5.41, 5.74) is 3.05. The molecule has 0 spiro atoms. The molecule has 3 rings (SSSR count). The van der Waals surface area contributed by atoms with Gasteiger partial charge in [0.05, 0.1) is 0 Å². The van der Waals surface area contributed by atoms with E-state index < -0.39 is 11.2 Å². The fourth-order valence-corrected chi connectivity index (χ4v) is 3.96. The highest BCUT2D eigenvalue weighted by molar-refractivity contribution is 5.91. The van der Waals surface area contributed by atoms with Crippen molar-refractivity contribution in [2.24, 2.45) is 0 Å². The third kappa shape index (κ3) is 5.80. The van der Waals surface area contributed by atoms with Crippen molar-refractivity contribution in [2.45, 2.75) is 85.7 Å². The summed E-state index contributed by atoms with van der Waals surface area (Å²) >= 11 is 0. The number of imidazole rings is 1. The Morgan fingerprint density at radius 2 is 1.73 bits per heavy atom. The van der Waals surface area contributed by atoms with Crippen molar-refractivity contribution in [3.63, 3.8) is 0 Å². The first-order valence-corrected chi connectivity index (χ1v) is 11.9. The minimum Gasteiger partial charge on any atom is -0.326 e. The van der Waals surface area contributed by atoms with Gasteiger partial charge in [0.25, 0.3) is 5.56 Å². The van der Waals surface area contributed by atoms with Gasteiger partial charge < -0.3 is 9.88 Å². The molecule has 2 heterocycles. The number of H-pyrrole nitrogens is 1. The number of hydrogen-bond acceptors (Lipinski definition) is 4. The molecule has 2 N–H and O–H groups in total. The van der Waals surface area contributed by atoms with Gasteiger partial charge >= 0.3 is 5.69 Å². The molecule has 0 aliphatic heterocycles. The van der Waals surface area contributed by atoms with Crippen LogP contribution in [0.25, 0.3) is 11.2 Å². The Hall–Kier alpha value is -3.16. The number of amides is 1. The lowest BCUT2D eigenvalue weighted by Crippen LogP contribution is -2.31. The number of aryl methyl sites for hydroxylation is 5. The van der Waals surface area contributed by atoms with E-state index in [1.165, 1.54) is 5.56 Å². The molecule has 178 valence electrons. The molecule has 2 aromatic heterocycles. The molecule has 0 fully saturated rings. The molecule has 1 aromatic carbocycles. The van der Waals surface area contributed by atoms with Gasteiger partial charge in [-0.2, -0.15) is 0 Å². The third-order valence-corrected chi connectivity index (χ3v) is 6.05. The van der Waals surface area contributed by atoms with Gasteiger partial charge in [-0.05, 0) is 49.9 Å². The van der Waals surface area contributed by atoms with E-state index in [1.54, 1.807) is 4.57 Å². The van der Waals surface area contributed by atoms with Gasteiger partial charge in [0.2, 0.25) is 5.91 Å². The first kappa shape index (κ1) is 24.5. The summed E-state index contributed by atoms with van der Waals surface area (Å²) in [5, 5.41) is 2.95. The molecule has 1 amide bonds. The second kappa shape index (κ2) is 11.1. The number of carbonyl (C=O) groups excluding carboxylic acids is 1. The Labute approximate surface area is 194 Å². The number of aromatic nitrogens is 4. The molecule has 8 heteroatoms. The van der Waals surface area contributed by atoms with Crippen LogP contribution in [0.4, 0.5) is 5.69 Å². The van der Waals surface area contributed by atoms with E-state index in [2.05, 4.69) is 24.1 Å². The van der Waals surface area contributed by atoms with Crippen LogP contribution in [0.1, 0.15) is 69.3 Å². The number of benzene rings is 1. The number of nitrogens with zero attached hydrogens (tertiary/aromatic N) is 3. The zero-order chi connectivity index (χ0) is 24.0. The van der Waals surface area contributed by atoms with Crippen LogP contribution in [0.15, 0.2) is 27.8 Å². The Balaban J connectivity index is 1.89. The van der Waals surface area contributed by atoms with E-state index in [4.69, 9.17) is 4.98 Å². The molecular weight excluding hydrogens is 418 g/mol. The molecule has 0 radical (unpaired) electrons. The topological polar surface area (TPSA) is 102 Å². The molecule has 0 aliphatic rings. The number of nitrogens with one attached hydrogen (secondary N) is 2. The lowest BCUT2D eigenvalue weighted by atomic mass is 10.1. The van der Waals surface area contributed by atoms with Crippen LogP contribution in [0, 0.1) is 13.8 Å². The van der Waals surface area contributed by atoms with Crippen molar-refractivity contribution >= 4 is 22.8 Å². The summed E-state index contributed by atoms with van der Waals surface area (Å²) in [6.07, 6.45) is 5.35. The van der Waals surface area contributed by atoms with Gasteiger partial charge in [-0.3, -0.25) is 19.1 Å². The number of unbranched alkanes of at least 4 members (excludes halogenated alkanes) is 3. The number of anilines is 1. The Morgan fingerprint density at radius 3 is 2.42 bits per heavy atom. The quantitative estimate of drug-likeness (QED) is 0.427. The first-order valence-electron chi connectivity index (χ1n) is 11.9. The monoisotopic (exact) mass is 453 g/mol. The second-order valence-electron chi connectivity index (χ2n) is 8.67. The van der Waals surface area contributed by atoms with Crippen LogP contribution in [-0.2, 0) is 24.3 Å². The number of rotatable bonds is 11. The molecule has 0 bridgehead atoms. The van der Waals surface area contributed by atoms with Gasteiger partial charge in [-0.15, -0.1) is 0 Å². The fraction of sp³-hybridized carbons (Fsp3) is 0.520. The minimum absolute atomic E-state index is 0.109. The number of hydrogen-bond donors (Lipinski definition) is 2. The number of aromatic amines is 1. The maximum Gasteiger partial charge on any atom is 0.330 e. The van der Waals surface area contributed by atoms with Crippen molar-refractivity contribution in [3.05, 3.63) is 56.0 Å². The lowest BCUT2D eigenvalue weighted by Gasteiger charge is -2.10. The van der Waals surface area contributed by atoms with E-state index >= 15 is 0 Å². The highest BCUT2D eigenvalue weighted by atomic mass is 16.2. The van der Waals surface area contributed by atoms with Crippen LogP contribution in [-0.4, -0.2) is 25.0 Å². The van der Waals surface area contributed by atoms with Crippen molar-refractivity contribution in [3.8, 4) is 0 Å². The maximum atomic E-state index is 12.7. The van der Waals surface area contributed by atoms with Gasteiger partial charge in [0.15, 0.2) is 11.2 Å². The molecule has 8 nitrogen and oxygen atoms in total. The summed E-state index contributed by atoms with van der Waals surface area (Å²) in [4.78, 5) is 45.0. The molecule has 0 unspecified atom stereocenters. The van der Waals surface area contributed by atoms with Crippen molar-refractivity contribution in [1.82, 2.24) is 19.1 Å². The smallest absolute Gasteiger partial charge is 0.326 e. The zero-order valence-electron chi connectivity index (χ0n) is 20.2. The largest absolute Gasteiger partial charge is 0.330 e. The predicted molar refractivity (Wildman–Crippen MR) is 132 cm³/mol. The summed E-state index contributed by atoms with van der Waals surface area (Å²) in [6, 6.07) is 5.84. The fourth-order valence-electron chi connectivity index (χ4n) is 3.96. The molecule has 0 aliphatic carbocycles. The van der Waals surface area contributed by atoms with Crippen molar-refractivity contribution in [2.75, 3.05) is 5.32 Å². The van der Waals surface area contributed by atoms with E-state index in [1.807, 2.05) is 36.6 Å². The third-order valence-electron chi connectivity index (χ3n) is 6.05. The van der Waals surface area contributed by atoms with Gasteiger partial charge in [0, 0.05) is 31.6 Å². The molecule has 33 heavy (non-hydrogen) atoms. The number of carbonyl (C=O) groups is 1. The lowest BCUT2D eigenvalue weighted by molar-refractivity contribution is -0.116. The molecule has 0 atom stereocenters. The first-order chi connectivity index (χ1) is 15.8. The van der Waals surface area contributed by atoms with Gasteiger partial charge in [-0.25, -0.2) is 9.78 Å². The van der Waals surface area contributed by atoms with Crippen LogP contribution in [0.2, 0.25) is 0 Å². The molecule has 0 saturated carbocycles. The zero-order valence-corrected chi connectivity index (χ0v) is 20.2. The predicted octanol–water partition coefficient (Wildman–Crippen LogP) is 4.06. The molecule has 0 saturated heterocycles. The van der Waals surface area contributed by atoms with Gasteiger partial charge in [-0.1, -0.05) is 39.2 Å². The molecular formula is C25H35N5O3. The van der Waals surface area contributed by atoms with Crippen LogP contribution in [0.5, 0.6) is 0 Å². The van der Waals surface area contributed by atoms with Crippen LogP contribution < -0.4 is 16.6 Å².